The van der Waals surface area contributed by atoms with Gasteiger partial charge in [0.1, 0.15) is 5.82 Å². The topological polar surface area (TPSA) is 78.4 Å². The number of rotatable bonds is 3. The third-order valence-corrected chi connectivity index (χ3v) is 2.76. The summed E-state index contributed by atoms with van der Waals surface area (Å²) in [4.78, 5) is 23.1. The quantitative estimate of drug-likeness (QED) is 0.731. The molecule has 1 aromatic carbocycles. The lowest BCUT2D eigenvalue weighted by atomic mass is 9.89. The number of carbonyl (C=O) groups excluding carboxylic acids is 2. The van der Waals surface area contributed by atoms with Gasteiger partial charge in [-0.1, -0.05) is 20.8 Å². The summed E-state index contributed by atoms with van der Waals surface area (Å²) in [6.45, 7) is 5.45. The van der Waals surface area contributed by atoms with E-state index < -0.39 is 23.7 Å². The maximum absolute atomic E-state index is 12.7. The molecule has 0 aliphatic carbocycles. The monoisotopic (exact) mass is 282 g/mol. The van der Waals surface area contributed by atoms with E-state index in [0.29, 0.717) is 5.69 Å². The molecule has 0 unspecified atom stereocenters. The molecule has 1 aromatic rings. The van der Waals surface area contributed by atoms with Gasteiger partial charge in [0.15, 0.2) is 0 Å². The molecule has 1 atom stereocenters. The van der Waals surface area contributed by atoms with Crippen molar-refractivity contribution in [2.24, 2.45) is 5.41 Å². The number of carbonyl (C=O) groups is 2. The van der Waals surface area contributed by atoms with Gasteiger partial charge in [0, 0.05) is 12.2 Å². The zero-order chi connectivity index (χ0) is 15.3. The number of aliphatic hydroxyl groups excluding tert-OH is 1. The Kier molecular flexibility index (Phi) is 5.21. The van der Waals surface area contributed by atoms with Crippen molar-refractivity contribution in [1.82, 2.24) is 5.32 Å². The van der Waals surface area contributed by atoms with E-state index >= 15 is 0 Å². The Morgan fingerprint density at radius 3 is 2.25 bits per heavy atom. The summed E-state index contributed by atoms with van der Waals surface area (Å²) in [6.07, 6.45) is -0.759. The molecule has 110 valence electrons. The summed E-state index contributed by atoms with van der Waals surface area (Å²) in [5, 5.41) is 14.4. The molecular weight excluding hydrogens is 263 g/mol. The van der Waals surface area contributed by atoms with Gasteiger partial charge in [-0.3, -0.25) is 9.59 Å². The lowest BCUT2D eigenvalue weighted by Crippen LogP contribution is -2.43. The minimum atomic E-state index is -0.863. The molecule has 20 heavy (non-hydrogen) atoms. The van der Waals surface area contributed by atoms with Crippen LogP contribution in [-0.2, 0) is 9.59 Å². The summed E-state index contributed by atoms with van der Waals surface area (Å²) in [5.74, 6) is -2.14. The molecule has 0 heterocycles. The van der Waals surface area contributed by atoms with Crippen molar-refractivity contribution in [2.75, 3.05) is 11.9 Å². The number of benzene rings is 1. The molecule has 1 rings (SSSR count). The smallest absolute Gasteiger partial charge is 0.313 e. The molecular formula is C14H19FN2O3. The Labute approximate surface area is 117 Å². The highest BCUT2D eigenvalue weighted by molar-refractivity contribution is 6.39. The maximum atomic E-state index is 12.7. The number of anilines is 1. The van der Waals surface area contributed by atoms with Crippen LogP contribution >= 0.6 is 0 Å². The number of nitrogens with one attached hydrogen (secondary N) is 2. The molecule has 0 aliphatic heterocycles. The van der Waals surface area contributed by atoms with Gasteiger partial charge < -0.3 is 15.7 Å². The van der Waals surface area contributed by atoms with Gasteiger partial charge in [-0.15, -0.1) is 0 Å². The molecule has 0 saturated heterocycles. The molecule has 3 N–H and O–H groups in total. The fourth-order valence-electron chi connectivity index (χ4n) is 1.30. The molecule has 0 fully saturated rings. The van der Waals surface area contributed by atoms with Crippen LogP contribution < -0.4 is 10.6 Å². The first-order valence-electron chi connectivity index (χ1n) is 6.23. The molecule has 2 amide bonds. The van der Waals surface area contributed by atoms with Crippen molar-refractivity contribution in [3.63, 3.8) is 0 Å². The van der Waals surface area contributed by atoms with Gasteiger partial charge in [-0.05, 0) is 29.7 Å². The van der Waals surface area contributed by atoms with Crippen LogP contribution in [0.25, 0.3) is 0 Å². The minimum absolute atomic E-state index is 0.0147. The third-order valence-electron chi connectivity index (χ3n) is 2.76. The molecule has 0 spiro atoms. The van der Waals surface area contributed by atoms with E-state index in [9.17, 15) is 19.1 Å². The number of halogens is 1. The predicted octanol–water partition coefficient (Wildman–Crippen LogP) is 1.29. The highest BCUT2D eigenvalue weighted by Crippen LogP contribution is 2.18. The fraction of sp³-hybridized carbons (Fsp3) is 0.429. The summed E-state index contributed by atoms with van der Waals surface area (Å²) < 4.78 is 12.7. The Bertz CT molecular complexity index is 480. The standard InChI is InChI=1S/C14H19FN2O3/c1-14(2,3)11(18)8-16-12(19)13(20)17-10-6-4-9(15)5-7-10/h4-7,11,18H,8H2,1-3H3,(H,16,19)(H,17,20)/t11-/m1/s1. The Hall–Kier alpha value is -1.95. The molecule has 5 nitrogen and oxygen atoms in total. The Morgan fingerprint density at radius 1 is 1.20 bits per heavy atom. The second kappa shape index (κ2) is 6.47. The zero-order valence-corrected chi connectivity index (χ0v) is 11.7. The molecule has 0 aromatic heterocycles. The van der Waals surface area contributed by atoms with E-state index in [1.807, 2.05) is 20.8 Å². The van der Waals surface area contributed by atoms with Gasteiger partial charge in [0.05, 0.1) is 6.10 Å². The van der Waals surface area contributed by atoms with Crippen molar-refractivity contribution in [3.8, 4) is 0 Å². The minimum Gasteiger partial charge on any atom is -0.391 e. The normalized spacial score (nSPS) is 12.7. The summed E-state index contributed by atoms with van der Waals surface area (Å²) in [6, 6.07) is 5.06. The van der Waals surface area contributed by atoms with Crippen LogP contribution in [0.2, 0.25) is 0 Å². The van der Waals surface area contributed by atoms with Gasteiger partial charge in [-0.2, -0.15) is 0 Å². The lowest BCUT2D eigenvalue weighted by Gasteiger charge is -2.25. The highest BCUT2D eigenvalue weighted by Gasteiger charge is 2.23. The van der Waals surface area contributed by atoms with Crippen LogP contribution in [0.3, 0.4) is 0 Å². The first kappa shape index (κ1) is 16.1. The molecule has 6 heteroatoms. The summed E-state index contributed by atoms with van der Waals surface area (Å²) >= 11 is 0. The second-order valence-corrected chi connectivity index (χ2v) is 5.55. The molecule has 0 saturated carbocycles. The van der Waals surface area contributed by atoms with Crippen molar-refractivity contribution < 1.29 is 19.1 Å². The van der Waals surface area contributed by atoms with Crippen LogP contribution in [0.15, 0.2) is 24.3 Å². The summed E-state index contributed by atoms with van der Waals surface area (Å²) in [7, 11) is 0. The van der Waals surface area contributed by atoms with Crippen LogP contribution in [-0.4, -0.2) is 29.6 Å². The van der Waals surface area contributed by atoms with E-state index in [2.05, 4.69) is 10.6 Å². The van der Waals surface area contributed by atoms with E-state index in [0.717, 1.165) is 0 Å². The first-order valence-corrected chi connectivity index (χ1v) is 6.23. The second-order valence-electron chi connectivity index (χ2n) is 5.55. The van der Waals surface area contributed by atoms with Crippen molar-refractivity contribution in [2.45, 2.75) is 26.9 Å². The van der Waals surface area contributed by atoms with Crippen molar-refractivity contribution >= 4 is 17.5 Å². The average Bonchev–Trinajstić information content (AvgIpc) is 2.36. The first-order chi connectivity index (χ1) is 9.20. The van der Waals surface area contributed by atoms with E-state index in [-0.39, 0.29) is 12.0 Å². The zero-order valence-electron chi connectivity index (χ0n) is 11.7. The maximum Gasteiger partial charge on any atom is 0.313 e. The van der Waals surface area contributed by atoms with Crippen LogP contribution in [0, 0.1) is 11.2 Å². The van der Waals surface area contributed by atoms with Gasteiger partial charge >= 0.3 is 11.8 Å². The molecule has 0 radical (unpaired) electrons. The fourth-order valence-corrected chi connectivity index (χ4v) is 1.30. The Balaban J connectivity index is 2.48. The van der Waals surface area contributed by atoms with Crippen LogP contribution in [0.4, 0.5) is 10.1 Å². The number of aliphatic hydroxyl groups is 1. The number of hydrogen-bond acceptors (Lipinski definition) is 3. The molecule has 0 aliphatic rings. The van der Waals surface area contributed by atoms with Gasteiger partial charge in [0.25, 0.3) is 0 Å². The summed E-state index contributed by atoms with van der Waals surface area (Å²) in [5.41, 5.74) is -0.0660. The van der Waals surface area contributed by atoms with Crippen LogP contribution in [0.1, 0.15) is 20.8 Å². The SMILES string of the molecule is CC(C)(C)[C@H](O)CNC(=O)C(=O)Nc1ccc(F)cc1. The van der Waals surface area contributed by atoms with Gasteiger partial charge in [-0.25, -0.2) is 4.39 Å². The number of amides is 2. The molecule has 0 bridgehead atoms. The highest BCUT2D eigenvalue weighted by atomic mass is 19.1. The lowest BCUT2D eigenvalue weighted by molar-refractivity contribution is -0.136. The number of hydrogen-bond donors (Lipinski definition) is 3. The van der Waals surface area contributed by atoms with E-state index in [1.165, 1.54) is 24.3 Å². The average molecular weight is 282 g/mol. The predicted molar refractivity (Wildman–Crippen MR) is 73.5 cm³/mol. The largest absolute Gasteiger partial charge is 0.391 e. The Morgan fingerprint density at radius 2 is 1.75 bits per heavy atom. The van der Waals surface area contributed by atoms with E-state index in [4.69, 9.17) is 0 Å². The van der Waals surface area contributed by atoms with Crippen LogP contribution in [0.5, 0.6) is 0 Å². The third kappa shape index (κ3) is 4.97. The van der Waals surface area contributed by atoms with Crippen molar-refractivity contribution in [1.29, 1.82) is 0 Å². The van der Waals surface area contributed by atoms with Crippen molar-refractivity contribution in [3.05, 3.63) is 30.1 Å². The van der Waals surface area contributed by atoms with E-state index in [1.54, 1.807) is 0 Å². The van der Waals surface area contributed by atoms with Gasteiger partial charge in [0.2, 0.25) is 0 Å².